The van der Waals surface area contributed by atoms with Crippen molar-refractivity contribution in [2.75, 3.05) is 49.1 Å². The van der Waals surface area contributed by atoms with Gasteiger partial charge in [0.05, 0.1) is 5.39 Å². The van der Waals surface area contributed by atoms with Crippen molar-refractivity contribution in [1.82, 2.24) is 14.9 Å². The number of amides is 1. The van der Waals surface area contributed by atoms with Crippen molar-refractivity contribution in [2.24, 2.45) is 5.92 Å². The summed E-state index contributed by atoms with van der Waals surface area (Å²) in [6.45, 7) is 13.9. The van der Waals surface area contributed by atoms with Crippen molar-refractivity contribution in [3.8, 4) is 0 Å². The Labute approximate surface area is 200 Å². The minimum absolute atomic E-state index is 0.121. The van der Waals surface area contributed by atoms with Gasteiger partial charge < -0.3 is 14.7 Å². The molecule has 0 radical (unpaired) electrons. The van der Waals surface area contributed by atoms with Gasteiger partial charge >= 0.3 is 0 Å². The molecule has 7 heteroatoms. The van der Waals surface area contributed by atoms with E-state index in [1.807, 2.05) is 0 Å². The summed E-state index contributed by atoms with van der Waals surface area (Å²) in [5.41, 5.74) is 5.27. The number of rotatable bonds is 3. The first-order valence-electron chi connectivity index (χ1n) is 12.0. The predicted molar refractivity (Wildman–Crippen MR) is 137 cm³/mol. The summed E-state index contributed by atoms with van der Waals surface area (Å²) < 4.78 is 0. The van der Waals surface area contributed by atoms with E-state index in [1.54, 1.807) is 17.7 Å². The summed E-state index contributed by atoms with van der Waals surface area (Å²) in [6.07, 6.45) is 3.47. The maximum atomic E-state index is 13.3. The molecular weight excluding hydrogens is 430 g/mol. The monoisotopic (exact) mass is 463 g/mol. The van der Waals surface area contributed by atoms with Crippen molar-refractivity contribution < 1.29 is 4.79 Å². The summed E-state index contributed by atoms with van der Waals surface area (Å²) in [6, 6.07) is 6.50. The van der Waals surface area contributed by atoms with Crippen molar-refractivity contribution >= 4 is 39.0 Å². The largest absolute Gasteiger partial charge is 0.368 e. The van der Waals surface area contributed by atoms with Gasteiger partial charge in [-0.15, -0.1) is 11.3 Å². The highest BCUT2D eigenvalue weighted by molar-refractivity contribution is 7.18. The van der Waals surface area contributed by atoms with Crippen LogP contribution >= 0.6 is 11.3 Å². The van der Waals surface area contributed by atoms with Crippen molar-refractivity contribution in [3.63, 3.8) is 0 Å². The Bertz CT molecular complexity index is 1170. The van der Waals surface area contributed by atoms with Crippen molar-refractivity contribution in [2.45, 2.75) is 40.5 Å². The number of hydrogen-bond donors (Lipinski definition) is 0. The van der Waals surface area contributed by atoms with Crippen LogP contribution in [0, 0.1) is 33.6 Å². The number of aryl methyl sites for hydroxylation is 3. The average molecular weight is 464 g/mol. The first-order valence-corrected chi connectivity index (χ1v) is 12.8. The zero-order valence-corrected chi connectivity index (χ0v) is 20.9. The molecule has 4 heterocycles. The van der Waals surface area contributed by atoms with Crippen LogP contribution in [-0.4, -0.2) is 60.0 Å². The lowest BCUT2D eigenvalue weighted by atomic mass is 9.94. The Morgan fingerprint density at radius 2 is 1.64 bits per heavy atom. The van der Waals surface area contributed by atoms with Gasteiger partial charge in [0.15, 0.2) is 0 Å². The highest BCUT2D eigenvalue weighted by Crippen LogP contribution is 2.36. The van der Waals surface area contributed by atoms with Gasteiger partial charge in [-0.3, -0.25) is 4.79 Å². The van der Waals surface area contributed by atoms with E-state index in [0.717, 1.165) is 62.8 Å². The summed E-state index contributed by atoms with van der Waals surface area (Å²) in [4.78, 5) is 31.7. The van der Waals surface area contributed by atoms with Gasteiger partial charge in [0.25, 0.3) is 0 Å². The first kappa shape index (κ1) is 22.1. The molecule has 1 amide bonds. The molecule has 0 bridgehead atoms. The third kappa shape index (κ3) is 4.07. The van der Waals surface area contributed by atoms with E-state index in [1.165, 1.54) is 32.6 Å². The molecule has 2 saturated heterocycles. The number of benzene rings is 1. The Morgan fingerprint density at radius 1 is 0.909 bits per heavy atom. The number of thiophene rings is 1. The van der Waals surface area contributed by atoms with Crippen LogP contribution in [0.1, 0.15) is 34.4 Å². The minimum Gasteiger partial charge on any atom is -0.368 e. The molecule has 2 fully saturated rings. The fraction of sp³-hybridized carbons (Fsp3) is 0.500. The van der Waals surface area contributed by atoms with E-state index in [2.05, 4.69) is 70.6 Å². The highest BCUT2D eigenvalue weighted by atomic mass is 32.1. The number of hydrogen-bond acceptors (Lipinski definition) is 6. The molecule has 0 atom stereocenters. The van der Waals surface area contributed by atoms with E-state index >= 15 is 0 Å². The number of nitrogens with zero attached hydrogens (tertiary/aromatic N) is 5. The molecule has 2 aliphatic heterocycles. The highest BCUT2D eigenvalue weighted by Gasteiger charge is 2.32. The van der Waals surface area contributed by atoms with Crippen LogP contribution in [0.2, 0.25) is 0 Å². The summed E-state index contributed by atoms with van der Waals surface area (Å²) in [7, 11) is 0. The molecule has 2 aliphatic rings. The normalized spacial score (nSPS) is 17.8. The lowest BCUT2D eigenvalue weighted by Crippen LogP contribution is -2.52. The molecule has 3 aromatic rings. The number of fused-ring (bicyclic) bond motifs is 1. The zero-order valence-electron chi connectivity index (χ0n) is 20.1. The number of piperidine rings is 1. The molecule has 174 valence electrons. The number of carbonyl (C=O) groups is 1. The molecule has 0 aliphatic carbocycles. The molecular formula is C26H33N5OS. The second-order valence-electron chi connectivity index (χ2n) is 9.45. The molecule has 0 N–H and O–H groups in total. The fourth-order valence-corrected chi connectivity index (χ4v) is 6.24. The van der Waals surface area contributed by atoms with Gasteiger partial charge in [-0.2, -0.15) is 0 Å². The molecule has 0 saturated carbocycles. The Morgan fingerprint density at radius 3 is 2.36 bits per heavy atom. The first-order chi connectivity index (χ1) is 15.9. The third-order valence-corrected chi connectivity index (χ3v) is 8.71. The number of anilines is 2. The van der Waals surface area contributed by atoms with E-state index < -0.39 is 0 Å². The molecule has 1 aromatic carbocycles. The quantitative estimate of drug-likeness (QED) is 0.573. The SMILES string of the molecule is Cc1cccc(N2CCN(C(=O)C3CCN(c4ncnc5sc(C)c(C)c45)CC3)CC2)c1C. The van der Waals surface area contributed by atoms with Gasteiger partial charge in [-0.05, 0) is 63.3 Å². The number of piperazine rings is 1. The molecule has 0 spiro atoms. The fourth-order valence-electron chi connectivity index (χ4n) is 5.25. The van der Waals surface area contributed by atoms with E-state index in [4.69, 9.17) is 0 Å². The van der Waals surface area contributed by atoms with Crippen LogP contribution in [0.4, 0.5) is 11.5 Å². The van der Waals surface area contributed by atoms with Crippen LogP contribution in [0.3, 0.4) is 0 Å². The van der Waals surface area contributed by atoms with Gasteiger partial charge in [-0.1, -0.05) is 12.1 Å². The second-order valence-corrected chi connectivity index (χ2v) is 10.7. The topological polar surface area (TPSA) is 52.6 Å². The summed E-state index contributed by atoms with van der Waals surface area (Å²) in [5, 5.41) is 1.19. The number of aromatic nitrogens is 2. The van der Waals surface area contributed by atoms with Crippen molar-refractivity contribution in [3.05, 3.63) is 46.1 Å². The van der Waals surface area contributed by atoms with Gasteiger partial charge in [0, 0.05) is 55.8 Å². The Kier molecular flexibility index (Phi) is 5.99. The predicted octanol–water partition coefficient (Wildman–Crippen LogP) is 4.49. The third-order valence-electron chi connectivity index (χ3n) is 7.60. The zero-order chi connectivity index (χ0) is 23.1. The lowest BCUT2D eigenvalue weighted by molar-refractivity contribution is -0.136. The van der Waals surface area contributed by atoms with E-state index in [-0.39, 0.29) is 5.92 Å². The van der Waals surface area contributed by atoms with Gasteiger partial charge in [-0.25, -0.2) is 9.97 Å². The van der Waals surface area contributed by atoms with Crippen LogP contribution in [-0.2, 0) is 4.79 Å². The van der Waals surface area contributed by atoms with Gasteiger partial charge in [0.1, 0.15) is 17.0 Å². The van der Waals surface area contributed by atoms with Crippen LogP contribution in [0.5, 0.6) is 0 Å². The number of carbonyl (C=O) groups excluding carboxylic acids is 1. The Balaban J connectivity index is 1.20. The van der Waals surface area contributed by atoms with E-state index in [9.17, 15) is 4.79 Å². The van der Waals surface area contributed by atoms with Crippen molar-refractivity contribution in [1.29, 1.82) is 0 Å². The van der Waals surface area contributed by atoms with Crippen LogP contribution in [0.25, 0.3) is 10.2 Å². The summed E-state index contributed by atoms with van der Waals surface area (Å²) in [5.74, 6) is 1.50. The van der Waals surface area contributed by atoms with Crippen LogP contribution in [0.15, 0.2) is 24.5 Å². The maximum absolute atomic E-state index is 13.3. The lowest BCUT2D eigenvalue weighted by Gasteiger charge is -2.40. The molecule has 6 nitrogen and oxygen atoms in total. The molecule has 2 aromatic heterocycles. The maximum Gasteiger partial charge on any atom is 0.225 e. The second kappa shape index (κ2) is 8.93. The smallest absolute Gasteiger partial charge is 0.225 e. The Hall–Kier alpha value is -2.67. The standard InChI is InChI=1S/C26H33N5OS/c1-17-6-5-7-22(18(17)2)29-12-14-31(15-13-29)26(32)21-8-10-30(11-9-21)24-23-19(3)20(4)33-25(23)28-16-27-24/h5-7,16,21H,8-15H2,1-4H3. The summed E-state index contributed by atoms with van der Waals surface area (Å²) >= 11 is 1.74. The van der Waals surface area contributed by atoms with Gasteiger partial charge in [0.2, 0.25) is 5.91 Å². The molecule has 33 heavy (non-hydrogen) atoms. The molecule has 0 unspecified atom stereocenters. The minimum atomic E-state index is 0.121. The van der Waals surface area contributed by atoms with E-state index in [0.29, 0.717) is 5.91 Å². The molecule has 5 rings (SSSR count). The average Bonchev–Trinajstić information content (AvgIpc) is 3.14. The van der Waals surface area contributed by atoms with Crippen LogP contribution < -0.4 is 9.80 Å².